The molecule has 0 aliphatic rings. The Morgan fingerprint density at radius 2 is 0.686 bits per heavy atom. The minimum absolute atomic E-state index is 0.502. The van der Waals surface area contributed by atoms with Crippen molar-refractivity contribution in [3.63, 3.8) is 0 Å². The number of rotatable bonds is 30. The van der Waals surface area contributed by atoms with E-state index in [9.17, 15) is 0 Å². The van der Waals surface area contributed by atoms with Crippen LogP contribution in [0, 0.1) is 0 Å². The van der Waals surface area contributed by atoms with Crippen molar-refractivity contribution in [1.29, 1.82) is 0 Å². The lowest BCUT2D eigenvalue weighted by Crippen LogP contribution is -2.48. The third-order valence-electron chi connectivity index (χ3n) is 6.10. The fraction of sp³-hybridized carbons (Fsp3) is 1.00. The van der Waals surface area contributed by atoms with Crippen molar-refractivity contribution >= 4 is 8.80 Å². The third kappa shape index (κ3) is 24.1. The molecular weight excluding hydrogens is 460 g/mol. The van der Waals surface area contributed by atoms with E-state index in [1.807, 2.05) is 20.8 Å². The Balaban J connectivity index is 4.23. The Labute approximate surface area is 219 Å². The molecule has 0 saturated carbocycles. The zero-order chi connectivity index (χ0) is 25.7. The van der Waals surface area contributed by atoms with Gasteiger partial charge in [-0.3, -0.25) is 0 Å². The summed E-state index contributed by atoms with van der Waals surface area (Å²) in [5.74, 6) is 0. The van der Waals surface area contributed by atoms with Gasteiger partial charge in [0.1, 0.15) is 0 Å². The highest BCUT2D eigenvalue weighted by atomic mass is 28.4. The van der Waals surface area contributed by atoms with Crippen LogP contribution in [0.3, 0.4) is 0 Å². The van der Waals surface area contributed by atoms with Crippen LogP contribution in [0.2, 0.25) is 6.04 Å². The summed E-state index contributed by atoms with van der Waals surface area (Å²) in [6, 6.07) is 0.843. The van der Waals surface area contributed by atoms with Crippen LogP contribution in [-0.4, -0.2) is 68.3 Å². The Morgan fingerprint density at radius 3 is 1.00 bits per heavy atom. The van der Waals surface area contributed by atoms with Crippen molar-refractivity contribution in [3.05, 3.63) is 0 Å². The Kier molecular flexibility index (Phi) is 28.5. The zero-order valence-electron chi connectivity index (χ0n) is 23.9. The molecule has 7 heteroatoms. The zero-order valence-corrected chi connectivity index (χ0v) is 24.9. The highest BCUT2D eigenvalue weighted by molar-refractivity contribution is 6.60. The number of ether oxygens (including phenoxy) is 3. The number of unbranched alkanes of at least 4 members (excludes halogenated alkanes) is 13. The van der Waals surface area contributed by atoms with E-state index in [0.29, 0.717) is 59.5 Å². The molecular formula is C28H60O6Si. The predicted molar refractivity (Wildman–Crippen MR) is 148 cm³/mol. The van der Waals surface area contributed by atoms with Gasteiger partial charge in [-0.25, -0.2) is 0 Å². The maximum atomic E-state index is 6.26. The number of hydrogen-bond acceptors (Lipinski definition) is 6. The van der Waals surface area contributed by atoms with Gasteiger partial charge in [-0.1, -0.05) is 90.4 Å². The Morgan fingerprint density at radius 1 is 0.371 bits per heavy atom. The van der Waals surface area contributed by atoms with Gasteiger partial charge in [-0.15, -0.1) is 0 Å². The predicted octanol–water partition coefficient (Wildman–Crippen LogP) is 7.57. The van der Waals surface area contributed by atoms with Crippen LogP contribution in [0.5, 0.6) is 0 Å². The SMILES string of the molecule is CCCCCCCCCCCCCCCC[Si](OCCOCC)(OCCOCC)OCCOCC. The average Bonchev–Trinajstić information content (AvgIpc) is 2.87. The summed E-state index contributed by atoms with van der Waals surface area (Å²) >= 11 is 0. The van der Waals surface area contributed by atoms with E-state index in [0.717, 1.165) is 12.5 Å². The first-order chi connectivity index (χ1) is 17.2. The molecule has 35 heavy (non-hydrogen) atoms. The molecule has 0 fully saturated rings. The van der Waals surface area contributed by atoms with E-state index in [1.54, 1.807) is 0 Å². The van der Waals surface area contributed by atoms with E-state index in [4.69, 9.17) is 27.5 Å². The molecule has 0 aliphatic carbocycles. The van der Waals surface area contributed by atoms with Crippen LogP contribution in [0.25, 0.3) is 0 Å². The van der Waals surface area contributed by atoms with Gasteiger partial charge < -0.3 is 27.5 Å². The molecule has 0 atom stereocenters. The number of hydrogen-bond donors (Lipinski definition) is 0. The molecule has 0 aromatic heterocycles. The summed E-state index contributed by atoms with van der Waals surface area (Å²) in [7, 11) is -2.79. The van der Waals surface area contributed by atoms with Crippen LogP contribution in [0.1, 0.15) is 118 Å². The molecule has 0 radical (unpaired) electrons. The summed E-state index contributed by atoms with van der Waals surface area (Å²) in [6.07, 6.45) is 18.9. The van der Waals surface area contributed by atoms with Crippen LogP contribution in [-0.2, 0) is 27.5 Å². The highest BCUT2D eigenvalue weighted by Gasteiger charge is 2.40. The van der Waals surface area contributed by atoms with E-state index >= 15 is 0 Å². The van der Waals surface area contributed by atoms with E-state index < -0.39 is 8.80 Å². The quantitative estimate of drug-likeness (QED) is 0.0719. The van der Waals surface area contributed by atoms with Crippen LogP contribution >= 0.6 is 0 Å². The van der Waals surface area contributed by atoms with E-state index in [2.05, 4.69) is 6.92 Å². The maximum absolute atomic E-state index is 6.26. The molecule has 0 heterocycles. The van der Waals surface area contributed by atoms with Crippen molar-refractivity contribution in [1.82, 2.24) is 0 Å². The smallest absolute Gasteiger partial charge is 0.379 e. The molecule has 0 bridgehead atoms. The van der Waals surface area contributed by atoms with Crippen molar-refractivity contribution in [2.75, 3.05) is 59.5 Å². The van der Waals surface area contributed by atoms with E-state index in [1.165, 1.54) is 83.5 Å². The molecule has 0 unspecified atom stereocenters. The Bertz CT molecular complexity index is 368. The van der Waals surface area contributed by atoms with Gasteiger partial charge in [0.25, 0.3) is 0 Å². The van der Waals surface area contributed by atoms with Crippen molar-refractivity contribution in [2.24, 2.45) is 0 Å². The maximum Gasteiger partial charge on any atom is 0.501 e. The molecule has 0 N–H and O–H groups in total. The lowest BCUT2D eigenvalue weighted by atomic mass is 10.0. The molecule has 0 aromatic rings. The summed E-state index contributed by atoms with van der Waals surface area (Å²) in [5, 5.41) is 0. The highest BCUT2D eigenvalue weighted by Crippen LogP contribution is 2.21. The second-order valence-corrected chi connectivity index (χ2v) is 11.9. The fourth-order valence-electron chi connectivity index (χ4n) is 4.08. The summed E-state index contributed by atoms with van der Waals surface area (Å²) in [4.78, 5) is 0. The van der Waals surface area contributed by atoms with Crippen LogP contribution < -0.4 is 0 Å². The largest absolute Gasteiger partial charge is 0.501 e. The lowest BCUT2D eigenvalue weighted by molar-refractivity contribution is 0.00318. The summed E-state index contributed by atoms with van der Waals surface area (Å²) in [5.41, 5.74) is 0. The molecule has 212 valence electrons. The topological polar surface area (TPSA) is 55.4 Å². The molecule has 0 aliphatic heterocycles. The van der Waals surface area contributed by atoms with Gasteiger partial charge >= 0.3 is 8.80 Å². The van der Waals surface area contributed by atoms with Crippen LogP contribution in [0.4, 0.5) is 0 Å². The summed E-state index contributed by atoms with van der Waals surface area (Å²) in [6.45, 7) is 13.5. The summed E-state index contributed by atoms with van der Waals surface area (Å²) < 4.78 is 35.2. The molecule has 6 nitrogen and oxygen atoms in total. The van der Waals surface area contributed by atoms with Gasteiger partial charge in [-0.05, 0) is 27.2 Å². The first kappa shape index (κ1) is 35.0. The van der Waals surface area contributed by atoms with Gasteiger partial charge in [0.15, 0.2) is 0 Å². The van der Waals surface area contributed by atoms with Crippen molar-refractivity contribution in [3.8, 4) is 0 Å². The average molecular weight is 521 g/mol. The van der Waals surface area contributed by atoms with Gasteiger partial charge in [0.2, 0.25) is 0 Å². The fourth-order valence-corrected chi connectivity index (χ4v) is 6.63. The first-order valence-electron chi connectivity index (χ1n) is 14.9. The van der Waals surface area contributed by atoms with Gasteiger partial charge in [0, 0.05) is 25.9 Å². The van der Waals surface area contributed by atoms with E-state index in [-0.39, 0.29) is 0 Å². The minimum Gasteiger partial charge on any atom is -0.379 e. The lowest BCUT2D eigenvalue weighted by Gasteiger charge is -2.30. The molecule has 0 aromatic carbocycles. The monoisotopic (exact) mass is 520 g/mol. The third-order valence-corrected chi connectivity index (χ3v) is 9.00. The molecule has 0 rings (SSSR count). The standard InChI is InChI=1S/C28H60O6Si/c1-5-9-10-11-12-13-14-15-16-17-18-19-20-21-28-35(32-25-22-29-6-2,33-26-23-30-7-3)34-27-24-31-8-4/h5-28H2,1-4H3. The first-order valence-corrected chi connectivity index (χ1v) is 16.8. The second-order valence-electron chi connectivity index (χ2n) is 9.17. The second kappa shape index (κ2) is 28.5. The van der Waals surface area contributed by atoms with Gasteiger partial charge in [-0.2, -0.15) is 0 Å². The minimum atomic E-state index is -2.79. The van der Waals surface area contributed by atoms with Crippen molar-refractivity contribution < 1.29 is 27.5 Å². The van der Waals surface area contributed by atoms with Crippen molar-refractivity contribution in [2.45, 2.75) is 124 Å². The van der Waals surface area contributed by atoms with Gasteiger partial charge in [0.05, 0.1) is 39.6 Å². The normalized spacial score (nSPS) is 12.0. The molecule has 0 spiro atoms. The molecule has 0 amide bonds. The Hall–Kier alpha value is -0.0231. The van der Waals surface area contributed by atoms with Crippen LogP contribution in [0.15, 0.2) is 0 Å². The molecule has 0 saturated heterocycles.